The molecule has 0 bridgehead atoms. The van der Waals surface area contributed by atoms with Crippen LogP contribution in [0.25, 0.3) is 0 Å². The van der Waals surface area contributed by atoms with Crippen molar-refractivity contribution in [3.8, 4) is 5.75 Å². The van der Waals surface area contributed by atoms with Crippen LogP contribution in [-0.4, -0.2) is 12.4 Å². The van der Waals surface area contributed by atoms with E-state index in [0.717, 1.165) is 5.75 Å². The minimum atomic E-state index is 0.0659. The fraction of sp³-hybridized carbons (Fsp3) is 0.462. The van der Waals surface area contributed by atoms with Gasteiger partial charge in [0.15, 0.2) is 5.78 Å². The van der Waals surface area contributed by atoms with Crippen LogP contribution in [0.1, 0.15) is 38.1 Å². The number of Topliss-reactive ketones (excluding diaryl/α,β-unsaturated/α-hetero) is 1. The molecule has 0 aliphatic rings. The molecule has 15 heavy (non-hydrogen) atoms. The zero-order chi connectivity index (χ0) is 11.5. The van der Waals surface area contributed by atoms with Gasteiger partial charge in [0.05, 0.1) is 6.61 Å². The molecular formula is C13H18O2. The highest BCUT2D eigenvalue weighted by atomic mass is 16.5. The maximum atomic E-state index is 11.1. The van der Waals surface area contributed by atoms with Gasteiger partial charge in [-0.05, 0) is 24.5 Å². The summed E-state index contributed by atoms with van der Waals surface area (Å²) in [5, 5.41) is 0. The van der Waals surface area contributed by atoms with Crippen LogP contribution in [0.4, 0.5) is 0 Å². The van der Waals surface area contributed by atoms with Crippen LogP contribution in [0.2, 0.25) is 0 Å². The van der Waals surface area contributed by atoms with Crippen molar-refractivity contribution in [1.82, 2.24) is 0 Å². The Bertz CT molecular complexity index is 348. The molecule has 0 aliphatic carbocycles. The van der Waals surface area contributed by atoms with Crippen molar-refractivity contribution in [1.29, 1.82) is 0 Å². The van der Waals surface area contributed by atoms with E-state index in [2.05, 4.69) is 20.8 Å². The highest BCUT2D eigenvalue weighted by molar-refractivity contribution is 5.94. The summed E-state index contributed by atoms with van der Waals surface area (Å²) in [5.41, 5.74) is 0.827. The Kier molecular flexibility index (Phi) is 3.51. The van der Waals surface area contributed by atoms with Crippen molar-refractivity contribution < 1.29 is 9.53 Å². The number of carbonyl (C=O) groups is 1. The summed E-state index contributed by atoms with van der Waals surface area (Å²) in [5.74, 6) is 0.828. The first-order valence-electron chi connectivity index (χ1n) is 5.12. The van der Waals surface area contributed by atoms with Gasteiger partial charge < -0.3 is 4.74 Å². The molecule has 2 nitrogen and oxygen atoms in total. The van der Waals surface area contributed by atoms with E-state index in [4.69, 9.17) is 4.74 Å². The number of hydrogen-bond acceptors (Lipinski definition) is 2. The standard InChI is InChI=1S/C13H18O2/c1-10(14)11-6-5-7-12(8-11)15-9-13(2,3)4/h5-8H,9H2,1-4H3. The average Bonchev–Trinajstić information content (AvgIpc) is 2.14. The Morgan fingerprint density at radius 1 is 1.33 bits per heavy atom. The topological polar surface area (TPSA) is 26.3 Å². The number of ketones is 1. The van der Waals surface area contributed by atoms with Crippen LogP contribution in [0.5, 0.6) is 5.75 Å². The third-order valence-electron chi connectivity index (χ3n) is 1.91. The zero-order valence-electron chi connectivity index (χ0n) is 9.83. The summed E-state index contributed by atoms with van der Waals surface area (Å²) >= 11 is 0. The van der Waals surface area contributed by atoms with Gasteiger partial charge in [-0.15, -0.1) is 0 Å². The van der Waals surface area contributed by atoms with Gasteiger partial charge in [-0.25, -0.2) is 0 Å². The third kappa shape index (κ3) is 4.15. The summed E-state index contributed by atoms with van der Waals surface area (Å²) in [6, 6.07) is 7.30. The van der Waals surface area contributed by atoms with Gasteiger partial charge in [0.25, 0.3) is 0 Å². The molecule has 1 aromatic rings. The predicted octanol–water partition coefficient (Wildman–Crippen LogP) is 3.31. The Hall–Kier alpha value is -1.31. The number of benzene rings is 1. The van der Waals surface area contributed by atoms with Gasteiger partial charge >= 0.3 is 0 Å². The molecule has 2 heteroatoms. The largest absolute Gasteiger partial charge is 0.493 e. The molecule has 0 atom stereocenters. The van der Waals surface area contributed by atoms with Gasteiger partial charge in [0.2, 0.25) is 0 Å². The fourth-order valence-corrected chi connectivity index (χ4v) is 1.10. The smallest absolute Gasteiger partial charge is 0.159 e. The number of hydrogen-bond donors (Lipinski definition) is 0. The number of carbonyl (C=O) groups excluding carboxylic acids is 1. The molecule has 0 radical (unpaired) electrons. The first kappa shape index (κ1) is 11.8. The molecule has 0 aromatic heterocycles. The minimum absolute atomic E-state index is 0.0659. The van der Waals surface area contributed by atoms with E-state index in [1.165, 1.54) is 0 Å². The van der Waals surface area contributed by atoms with E-state index < -0.39 is 0 Å². The van der Waals surface area contributed by atoms with Crippen LogP contribution in [0.15, 0.2) is 24.3 Å². The molecule has 0 heterocycles. The average molecular weight is 206 g/mol. The lowest BCUT2D eigenvalue weighted by atomic mass is 9.99. The third-order valence-corrected chi connectivity index (χ3v) is 1.91. The Morgan fingerprint density at radius 2 is 2.00 bits per heavy atom. The van der Waals surface area contributed by atoms with Crippen molar-refractivity contribution in [2.24, 2.45) is 5.41 Å². The van der Waals surface area contributed by atoms with Crippen molar-refractivity contribution in [3.05, 3.63) is 29.8 Å². The molecule has 0 amide bonds. The zero-order valence-corrected chi connectivity index (χ0v) is 9.83. The normalized spacial score (nSPS) is 11.2. The van der Waals surface area contributed by atoms with Gasteiger partial charge in [0.1, 0.15) is 5.75 Å². The lowest BCUT2D eigenvalue weighted by Crippen LogP contribution is -2.16. The highest BCUT2D eigenvalue weighted by Crippen LogP contribution is 2.18. The fourth-order valence-electron chi connectivity index (χ4n) is 1.10. The van der Waals surface area contributed by atoms with Crippen LogP contribution >= 0.6 is 0 Å². The second kappa shape index (κ2) is 4.47. The molecule has 0 N–H and O–H groups in total. The van der Waals surface area contributed by atoms with Crippen molar-refractivity contribution in [2.75, 3.05) is 6.61 Å². The Labute approximate surface area is 91.3 Å². The van der Waals surface area contributed by atoms with Gasteiger partial charge in [-0.2, -0.15) is 0 Å². The van der Waals surface area contributed by atoms with E-state index in [0.29, 0.717) is 12.2 Å². The molecule has 1 rings (SSSR count). The molecule has 0 unspecified atom stereocenters. The molecule has 0 saturated carbocycles. The second-order valence-corrected chi connectivity index (χ2v) is 4.93. The first-order valence-corrected chi connectivity index (χ1v) is 5.12. The van der Waals surface area contributed by atoms with Crippen LogP contribution in [0.3, 0.4) is 0 Å². The Morgan fingerprint density at radius 3 is 2.53 bits per heavy atom. The predicted molar refractivity (Wildman–Crippen MR) is 61.4 cm³/mol. The minimum Gasteiger partial charge on any atom is -0.493 e. The molecular weight excluding hydrogens is 188 g/mol. The van der Waals surface area contributed by atoms with Crippen LogP contribution < -0.4 is 4.74 Å². The lowest BCUT2D eigenvalue weighted by Gasteiger charge is -2.18. The van der Waals surface area contributed by atoms with Crippen molar-refractivity contribution >= 4 is 5.78 Å². The molecule has 0 fully saturated rings. The number of ether oxygens (including phenoxy) is 1. The SMILES string of the molecule is CC(=O)c1cccc(OCC(C)(C)C)c1. The Balaban J connectivity index is 2.70. The molecule has 1 aromatic carbocycles. The summed E-state index contributed by atoms with van der Waals surface area (Å²) in [7, 11) is 0. The summed E-state index contributed by atoms with van der Waals surface area (Å²) in [6.07, 6.45) is 0. The van der Waals surface area contributed by atoms with E-state index in [1.807, 2.05) is 12.1 Å². The maximum absolute atomic E-state index is 11.1. The van der Waals surface area contributed by atoms with E-state index in [-0.39, 0.29) is 11.2 Å². The van der Waals surface area contributed by atoms with Crippen molar-refractivity contribution in [3.63, 3.8) is 0 Å². The van der Waals surface area contributed by atoms with Gasteiger partial charge in [0, 0.05) is 5.56 Å². The molecule has 0 spiro atoms. The van der Waals surface area contributed by atoms with Gasteiger partial charge in [-0.1, -0.05) is 32.9 Å². The first-order chi connectivity index (χ1) is 6.88. The molecule has 0 aliphatic heterocycles. The molecule has 82 valence electrons. The van der Waals surface area contributed by atoms with Crippen LogP contribution in [-0.2, 0) is 0 Å². The van der Waals surface area contributed by atoms with Gasteiger partial charge in [-0.3, -0.25) is 4.79 Å². The highest BCUT2D eigenvalue weighted by Gasteiger charge is 2.11. The maximum Gasteiger partial charge on any atom is 0.159 e. The number of rotatable bonds is 3. The lowest BCUT2D eigenvalue weighted by molar-refractivity contribution is 0.101. The summed E-state index contributed by atoms with van der Waals surface area (Å²) in [4.78, 5) is 11.1. The summed E-state index contributed by atoms with van der Waals surface area (Å²) in [6.45, 7) is 8.54. The van der Waals surface area contributed by atoms with E-state index in [9.17, 15) is 4.79 Å². The quantitative estimate of drug-likeness (QED) is 0.709. The van der Waals surface area contributed by atoms with E-state index in [1.54, 1.807) is 19.1 Å². The second-order valence-electron chi connectivity index (χ2n) is 4.93. The monoisotopic (exact) mass is 206 g/mol. The summed E-state index contributed by atoms with van der Waals surface area (Å²) < 4.78 is 5.61. The van der Waals surface area contributed by atoms with E-state index >= 15 is 0 Å². The van der Waals surface area contributed by atoms with Crippen LogP contribution in [0, 0.1) is 5.41 Å². The van der Waals surface area contributed by atoms with Crippen molar-refractivity contribution in [2.45, 2.75) is 27.7 Å². The molecule has 0 saturated heterocycles.